The van der Waals surface area contributed by atoms with Gasteiger partial charge < -0.3 is 10.1 Å². The van der Waals surface area contributed by atoms with Crippen molar-refractivity contribution in [2.24, 2.45) is 0 Å². The molecular weight excluding hydrogens is 341 g/mol. The first-order chi connectivity index (χ1) is 12.0. The van der Waals surface area contributed by atoms with Crippen LogP contribution in [0.25, 0.3) is 10.8 Å². The third-order valence-corrected chi connectivity index (χ3v) is 4.47. The van der Waals surface area contributed by atoms with Gasteiger partial charge >= 0.3 is 0 Å². The van der Waals surface area contributed by atoms with Crippen LogP contribution in [0, 0.1) is 5.82 Å². The van der Waals surface area contributed by atoms with Crippen LogP contribution >= 0.6 is 11.6 Å². The SMILES string of the molecule is COc1ccc2cc([C@@H](C)C(=O)Nc3cccc(Cl)c3F)ccc2c1. The third kappa shape index (κ3) is 3.59. The molecule has 5 heteroatoms. The largest absolute Gasteiger partial charge is 0.497 e. The molecule has 0 aliphatic rings. The molecule has 3 nitrogen and oxygen atoms in total. The van der Waals surface area contributed by atoms with Crippen LogP contribution in [0.3, 0.4) is 0 Å². The highest BCUT2D eigenvalue weighted by Crippen LogP contribution is 2.27. The smallest absolute Gasteiger partial charge is 0.231 e. The van der Waals surface area contributed by atoms with Gasteiger partial charge in [-0.2, -0.15) is 0 Å². The molecule has 3 rings (SSSR count). The average Bonchev–Trinajstić information content (AvgIpc) is 2.63. The van der Waals surface area contributed by atoms with Gasteiger partial charge in [-0.25, -0.2) is 4.39 Å². The lowest BCUT2D eigenvalue weighted by atomic mass is 9.97. The minimum absolute atomic E-state index is 0.0231. The number of hydrogen-bond acceptors (Lipinski definition) is 2. The van der Waals surface area contributed by atoms with Crippen molar-refractivity contribution in [3.63, 3.8) is 0 Å². The minimum Gasteiger partial charge on any atom is -0.497 e. The summed E-state index contributed by atoms with van der Waals surface area (Å²) in [4.78, 5) is 12.5. The fourth-order valence-electron chi connectivity index (χ4n) is 2.63. The van der Waals surface area contributed by atoms with E-state index >= 15 is 0 Å². The summed E-state index contributed by atoms with van der Waals surface area (Å²) in [7, 11) is 1.62. The molecule has 128 valence electrons. The summed E-state index contributed by atoms with van der Waals surface area (Å²) in [5.74, 6) is -0.586. The zero-order valence-corrected chi connectivity index (χ0v) is 14.6. The summed E-state index contributed by atoms with van der Waals surface area (Å²) in [5.41, 5.74) is 0.924. The Bertz CT molecular complexity index is 942. The second kappa shape index (κ2) is 7.11. The van der Waals surface area contributed by atoms with Gasteiger partial charge in [-0.05, 0) is 47.5 Å². The van der Waals surface area contributed by atoms with E-state index in [9.17, 15) is 9.18 Å². The first-order valence-electron chi connectivity index (χ1n) is 7.82. The second-order valence-corrected chi connectivity index (χ2v) is 6.19. The lowest BCUT2D eigenvalue weighted by molar-refractivity contribution is -0.117. The Balaban J connectivity index is 1.84. The molecule has 0 saturated heterocycles. The second-order valence-electron chi connectivity index (χ2n) is 5.78. The number of methoxy groups -OCH3 is 1. The Morgan fingerprint density at radius 3 is 2.60 bits per heavy atom. The van der Waals surface area contributed by atoms with Crippen LogP contribution in [0.5, 0.6) is 5.75 Å². The molecule has 0 fully saturated rings. The van der Waals surface area contributed by atoms with Crippen molar-refractivity contribution in [3.05, 3.63) is 71.0 Å². The maximum absolute atomic E-state index is 13.9. The van der Waals surface area contributed by atoms with Crippen LogP contribution in [0.2, 0.25) is 5.02 Å². The molecule has 0 bridgehead atoms. The number of carbonyl (C=O) groups is 1. The van der Waals surface area contributed by atoms with Crippen LogP contribution in [0.4, 0.5) is 10.1 Å². The summed E-state index contributed by atoms with van der Waals surface area (Å²) in [6.07, 6.45) is 0. The Labute approximate surface area is 150 Å². The van der Waals surface area contributed by atoms with E-state index in [4.69, 9.17) is 16.3 Å². The molecular formula is C20H17ClFNO2. The van der Waals surface area contributed by atoms with Crippen molar-refractivity contribution in [1.82, 2.24) is 0 Å². The molecule has 0 heterocycles. The fraction of sp³-hybridized carbons (Fsp3) is 0.150. The van der Waals surface area contributed by atoms with E-state index in [-0.39, 0.29) is 16.6 Å². The van der Waals surface area contributed by atoms with Gasteiger partial charge in [0.05, 0.1) is 23.7 Å². The molecule has 25 heavy (non-hydrogen) atoms. The van der Waals surface area contributed by atoms with Gasteiger partial charge in [0.25, 0.3) is 0 Å². The van der Waals surface area contributed by atoms with Crippen molar-refractivity contribution in [2.45, 2.75) is 12.8 Å². The highest BCUT2D eigenvalue weighted by molar-refractivity contribution is 6.31. The number of amides is 1. The molecule has 1 N–H and O–H groups in total. The van der Waals surface area contributed by atoms with Crippen LogP contribution in [0.1, 0.15) is 18.4 Å². The maximum Gasteiger partial charge on any atom is 0.231 e. The number of rotatable bonds is 4. The van der Waals surface area contributed by atoms with Gasteiger partial charge in [-0.15, -0.1) is 0 Å². The first kappa shape index (κ1) is 17.2. The molecule has 0 radical (unpaired) electrons. The molecule has 0 aliphatic heterocycles. The number of anilines is 1. The maximum atomic E-state index is 13.9. The molecule has 0 unspecified atom stereocenters. The van der Waals surface area contributed by atoms with E-state index in [0.717, 1.165) is 22.1 Å². The zero-order valence-electron chi connectivity index (χ0n) is 13.8. The van der Waals surface area contributed by atoms with Crippen molar-refractivity contribution in [1.29, 1.82) is 0 Å². The van der Waals surface area contributed by atoms with Gasteiger partial charge in [0.15, 0.2) is 5.82 Å². The van der Waals surface area contributed by atoms with E-state index in [1.54, 1.807) is 20.1 Å². The molecule has 0 spiro atoms. The predicted octanol–water partition coefficient (Wildman–Crippen LogP) is 5.38. The summed E-state index contributed by atoms with van der Waals surface area (Å²) < 4.78 is 19.2. The summed E-state index contributed by atoms with van der Waals surface area (Å²) in [6, 6.07) is 16.0. The van der Waals surface area contributed by atoms with Crippen LogP contribution < -0.4 is 10.1 Å². The number of hydrogen-bond donors (Lipinski definition) is 1. The molecule has 0 aliphatic carbocycles. The van der Waals surface area contributed by atoms with E-state index in [2.05, 4.69) is 5.32 Å². The number of fused-ring (bicyclic) bond motifs is 1. The molecule has 3 aromatic carbocycles. The zero-order chi connectivity index (χ0) is 18.0. The fourth-order valence-corrected chi connectivity index (χ4v) is 2.81. The van der Waals surface area contributed by atoms with E-state index in [1.165, 1.54) is 12.1 Å². The lowest BCUT2D eigenvalue weighted by Gasteiger charge is -2.14. The van der Waals surface area contributed by atoms with Gasteiger partial charge in [0, 0.05) is 0 Å². The van der Waals surface area contributed by atoms with Crippen LogP contribution in [0.15, 0.2) is 54.6 Å². The van der Waals surface area contributed by atoms with Gasteiger partial charge in [-0.3, -0.25) is 4.79 Å². The van der Waals surface area contributed by atoms with Crippen molar-refractivity contribution in [2.75, 3.05) is 12.4 Å². The Morgan fingerprint density at radius 1 is 1.12 bits per heavy atom. The van der Waals surface area contributed by atoms with Crippen molar-refractivity contribution >= 4 is 34.0 Å². The summed E-state index contributed by atoms with van der Waals surface area (Å²) in [5, 5.41) is 4.61. The van der Waals surface area contributed by atoms with Crippen LogP contribution in [-0.4, -0.2) is 13.0 Å². The number of nitrogens with one attached hydrogen (secondary N) is 1. The predicted molar refractivity (Wildman–Crippen MR) is 99.0 cm³/mol. The minimum atomic E-state index is -0.629. The molecule has 1 atom stereocenters. The molecule has 0 aromatic heterocycles. The molecule has 0 saturated carbocycles. The van der Waals surface area contributed by atoms with E-state index in [0.29, 0.717) is 0 Å². The lowest BCUT2D eigenvalue weighted by Crippen LogP contribution is -2.19. The topological polar surface area (TPSA) is 38.3 Å². The standard InChI is InChI=1S/C20H17ClFNO2/c1-12(20(24)23-18-5-3-4-17(21)19(18)22)13-6-7-15-11-16(25-2)9-8-14(15)10-13/h3-12H,1-2H3,(H,23,24)/t12-/m1/s1. The Morgan fingerprint density at radius 2 is 1.84 bits per heavy atom. The van der Waals surface area contributed by atoms with Gasteiger partial charge in [0.2, 0.25) is 5.91 Å². The van der Waals surface area contributed by atoms with Gasteiger partial charge in [-0.1, -0.05) is 41.9 Å². The van der Waals surface area contributed by atoms with Crippen molar-refractivity contribution < 1.29 is 13.9 Å². The number of halogens is 2. The number of carbonyl (C=O) groups excluding carboxylic acids is 1. The number of benzene rings is 3. The summed E-state index contributed by atoms with van der Waals surface area (Å²) >= 11 is 5.75. The van der Waals surface area contributed by atoms with Crippen molar-refractivity contribution in [3.8, 4) is 5.75 Å². The highest BCUT2D eigenvalue weighted by Gasteiger charge is 2.18. The quantitative estimate of drug-likeness (QED) is 0.680. The summed E-state index contributed by atoms with van der Waals surface area (Å²) in [6.45, 7) is 1.78. The van der Waals surface area contributed by atoms with E-state index in [1.807, 2.05) is 36.4 Å². The van der Waals surface area contributed by atoms with E-state index < -0.39 is 11.7 Å². The van der Waals surface area contributed by atoms with Gasteiger partial charge in [0.1, 0.15) is 5.75 Å². The Hall–Kier alpha value is -2.59. The first-order valence-corrected chi connectivity index (χ1v) is 8.20. The average molecular weight is 358 g/mol. The molecule has 1 amide bonds. The molecule has 3 aromatic rings. The monoisotopic (exact) mass is 357 g/mol. The Kier molecular flexibility index (Phi) is 4.91. The highest BCUT2D eigenvalue weighted by atomic mass is 35.5. The normalized spacial score (nSPS) is 12.0. The van der Waals surface area contributed by atoms with Crippen LogP contribution in [-0.2, 0) is 4.79 Å². The number of ether oxygens (including phenoxy) is 1. The third-order valence-electron chi connectivity index (χ3n) is 4.17.